The normalized spacial score (nSPS) is 10.5. The predicted octanol–water partition coefficient (Wildman–Crippen LogP) is 3.02. The molecule has 21 heavy (non-hydrogen) atoms. The Morgan fingerprint density at radius 1 is 1.14 bits per heavy atom. The van der Waals surface area contributed by atoms with E-state index in [-0.39, 0.29) is 11.3 Å². The highest BCUT2D eigenvalue weighted by Gasteiger charge is 2.18. The largest absolute Gasteiger partial charge is 0.478 e. The van der Waals surface area contributed by atoms with Crippen LogP contribution in [-0.4, -0.2) is 21.0 Å². The van der Waals surface area contributed by atoms with Crippen LogP contribution in [0.2, 0.25) is 0 Å². The van der Waals surface area contributed by atoms with E-state index < -0.39 is 5.97 Å². The molecule has 0 amide bonds. The second-order valence-corrected chi connectivity index (χ2v) is 4.59. The Morgan fingerprint density at radius 3 is 2.52 bits per heavy atom. The van der Waals surface area contributed by atoms with E-state index >= 15 is 0 Å². The molecular formula is C16H13N3O2. The summed E-state index contributed by atoms with van der Waals surface area (Å²) in [5, 5.41) is 9.24. The van der Waals surface area contributed by atoms with Gasteiger partial charge in [-0.3, -0.25) is 0 Å². The zero-order valence-electron chi connectivity index (χ0n) is 11.1. The van der Waals surface area contributed by atoms with Gasteiger partial charge in [0.1, 0.15) is 0 Å². The quantitative estimate of drug-likeness (QED) is 0.642. The summed E-state index contributed by atoms with van der Waals surface area (Å²) < 4.78 is 0. The maximum Gasteiger partial charge on any atom is 0.337 e. The molecule has 0 aliphatic heterocycles. The van der Waals surface area contributed by atoms with Crippen LogP contribution in [0.4, 0.5) is 5.69 Å². The van der Waals surface area contributed by atoms with Gasteiger partial charge >= 0.3 is 5.97 Å². The molecule has 0 saturated heterocycles. The van der Waals surface area contributed by atoms with Crippen LogP contribution in [0.5, 0.6) is 0 Å². The van der Waals surface area contributed by atoms with Gasteiger partial charge in [-0.1, -0.05) is 36.4 Å². The molecule has 0 radical (unpaired) electrons. The van der Waals surface area contributed by atoms with Crippen molar-refractivity contribution < 1.29 is 9.90 Å². The molecule has 4 N–H and O–H groups in total. The van der Waals surface area contributed by atoms with Crippen molar-refractivity contribution in [3.63, 3.8) is 0 Å². The predicted molar refractivity (Wildman–Crippen MR) is 80.8 cm³/mol. The number of nitrogen functional groups attached to an aromatic ring is 1. The van der Waals surface area contributed by atoms with E-state index in [4.69, 9.17) is 5.73 Å². The third-order valence-corrected chi connectivity index (χ3v) is 3.33. The van der Waals surface area contributed by atoms with Crippen molar-refractivity contribution in [1.29, 1.82) is 0 Å². The lowest BCUT2D eigenvalue weighted by molar-refractivity contribution is 0.0698. The number of carboxylic acids is 1. The van der Waals surface area contributed by atoms with Crippen molar-refractivity contribution in [3.8, 4) is 22.4 Å². The topological polar surface area (TPSA) is 92.0 Å². The Bertz CT molecular complexity index is 781. The first kappa shape index (κ1) is 12.9. The lowest BCUT2D eigenvalue weighted by Crippen LogP contribution is -2.05. The number of nitrogens with two attached hydrogens (primary N) is 1. The first-order valence-electron chi connectivity index (χ1n) is 6.38. The summed E-state index contributed by atoms with van der Waals surface area (Å²) in [5.41, 5.74) is 9.57. The van der Waals surface area contributed by atoms with Crippen LogP contribution in [0.25, 0.3) is 22.4 Å². The molecule has 0 aliphatic carbocycles. The Hall–Kier alpha value is -3.08. The molecule has 3 aromatic rings. The van der Waals surface area contributed by atoms with Gasteiger partial charge in [0.2, 0.25) is 0 Å². The highest BCUT2D eigenvalue weighted by atomic mass is 16.4. The van der Waals surface area contributed by atoms with E-state index in [0.29, 0.717) is 11.3 Å². The van der Waals surface area contributed by atoms with Crippen LogP contribution in [0.1, 0.15) is 10.4 Å². The molecule has 0 unspecified atom stereocenters. The molecule has 3 rings (SSSR count). The lowest BCUT2D eigenvalue weighted by Gasteiger charge is -2.13. The van der Waals surface area contributed by atoms with Crippen LogP contribution >= 0.6 is 0 Å². The van der Waals surface area contributed by atoms with Gasteiger partial charge in [-0.15, -0.1) is 0 Å². The number of imidazole rings is 1. The highest BCUT2D eigenvalue weighted by Crippen LogP contribution is 2.37. The van der Waals surface area contributed by atoms with Gasteiger partial charge in [-0.05, 0) is 17.2 Å². The average Bonchev–Trinajstić information content (AvgIpc) is 3.01. The third kappa shape index (κ3) is 2.25. The SMILES string of the molecule is Nc1c(C(=O)O)ccc(-c2ccccc2)c1-c1cnc[nH]1. The molecule has 0 aliphatic rings. The van der Waals surface area contributed by atoms with Gasteiger partial charge in [-0.25, -0.2) is 9.78 Å². The molecule has 0 atom stereocenters. The standard InChI is InChI=1S/C16H13N3O2/c17-15-12(16(20)21)7-6-11(10-4-2-1-3-5-10)14(15)13-8-18-9-19-13/h1-9H,17H2,(H,18,19)(H,20,21). The summed E-state index contributed by atoms with van der Waals surface area (Å²) in [5.74, 6) is -1.05. The van der Waals surface area contributed by atoms with Crippen molar-refractivity contribution in [1.82, 2.24) is 9.97 Å². The molecule has 1 aromatic heterocycles. The lowest BCUT2D eigenvalue weighted by atomic mass is 9.94. The van der Waals surface area contributed by atoms with Crippen molar-refractivity contribution >= 4 is 11.7 Å². The summed E-state index contributed by atoms with van der Waals surface area (Å²) in [6, 6.07) is 13.0. The molecular weight excluding hydrogens is 266 g/mol. The Labute approximate surface area is 121 Å². The Balaban J connectivity index is 2.31. The number of carboxylic acid groups (broad SMARTS) is 1. The van der Waals surface area contributed by atoms with Gasteiger partial charge < -0.3 is 15.8 Å². The van der Waals surface area contributed by atoms with Gasteiger partial charge in [0.15, 0.2) is 0 Å². The third-order valence-electron chi connectivity index (χ3n) is 3.33. The molecule has 104 valence electrons. The number of anilines is 1. The molecule has 1 heterocycles. The Morgan fingerprint density at radius 2 is 1.90 bits per heavy atom. The highest BCUT2D eigenvalue weighted by molar-refractivity contribution is 6.02. The first-order chi connectivity index (χ1) is 10.2. The number of aromatic amines is 1. The van der Waals surface area contributed by atoms with Crippen LogP contribution in [0, 0.1) is 0 Å². The second kappa shape index (κ2) is 5.13. The second-order valence-electron chi connectivity index (χ2n) is 4.59. The molecule has 0 spiro atoms. The number of nitrogens with zero attached hydrogens (tertiary/aromatic N) is 1. The van der Waals surface area contributed by atoms with E-state index in [0.717, 1.165) is 11.1 Å². The maximum atomic E-state index is 11.3. The smallest absolute Gasteiger partial charge is 0.337 e. The van der Waals surface area contributed by atoms with Gasteiger partial charge in [-0.2, -0.15) is 0 Å². The summed E-state index contributed by atoms with van der Waals surface area (Å²) in [6.45, 7) is 0. The number of carbonyl (C=O) groups is 1. The van der Waals surface area contributed by atoms with E-state index in [1.54, 1.807) is 12.3 Å². The van der Waals surface area contributed by atoms with Gasteiger partial charge in [0.25, 0.3) is 0 Å². The van der Waals surface area contributed by atoms with Gasteiger partial charge in [0.05, 0.1) is 29.5 Å². The van der Waals surface area contributed by atoms with Crippen molar-refractivity contribution in [2.24, 2.45) is 0 Å². The van der Waals surface area contributed by atoms with Crippen LogP contribution in [0.15, 0.2) is 55.0 Å². The van der Waals surface area contributed by atoms with Crippen molar-refractivity contribution in [2.75, 3.05) is 5.73 Å². The molecule has 0 fully saturated rings. The number of hydrogen-bond acceptors (Lipinski definition) is 3. The number of aromatic nitrogens is 2. The van der Waals surface area contributed by atoms with Gasteiger partial charge in [0, 0.05) is 5.56 Å². The summed E-state index contributed by atoms with van der Waals surface area (Å²) >= 11 is 0. The molecule has 2 aromatic carbocycles. The molecule has 0 bridgehead atoms. The molecule has 0 saturated carbocycles. The first-order valence-corrected chi connectivity index (χ1v) is 6.38. The average molecular weight is 279 g/mol. The van der Waals surface area contributed by atoms with Crippen molar-refractivity contribution in [3.05, 3.63) is 60.6 Å². The fourth-order valence-electron chi connectivity index (χ4n) is 2.35. The van der Waals surface area contributed by atoms with E-state index in [2.05, 4.69) is 9.97 Å². The minimum absolute atomic E-state index is 0.0827. The zero-order chi connectivity index (χ0) is 14.8. The van der Waals surface area contributed by atoms with E-state index in [1.807, 2.05) is 30.3 Å². The van der Waals surface area contributed by atoms with E-state index in [9.17, 15) is 9.90 Å². The number of nitrogens with one attached hydrogen (secondary N) is 1. The summed E-state index contributed by atoms with van der Waals surface area (Å²) in [4.78, 5) is 18.3. The number of hydrogen-bond donors (Lipinski definition) is 3. The monoisotopic (exact) mass is 279 g/mol. The van der Waals surface area contributed by atoms with Crippen molar-refractivity contribution in [2.45, 2.75) is 0 Å². The number of H-pyrrole nitrogens is 1. The zero-order valence-corrected chi connectivity index (χ0v) is 11.1. The summed E-state index contributed by atoms with van der Waals surface area (Å²) in [6.07, 6.45) is 3.17. The summed E-state index contributed by atoms with van der Waals surface area (Å²) in [7, 11) is 0. The maximum absolute atomic E-state index is 11.3. The molecule has 5 heteroatoms. The number of rotatable bonds is 3. The van der Waals surface area contributed by atoms with Crippen LogP contribution < -0.4 is 5.73 Å². The minimum Gasteiger partial charge on any atom is -0.478 e. The number of aromatic carboxylic acids is 1. The Kier molecular flexibility index (Phi) is 3.16. The van der Waals surface area contributed by atoms with Crippen LogP contribution in [0.3, 0.4) is 0 Å². The minimum atomic E-state index is -1.05. The molecule has 5 nitrogen and oxygen atoms in total. The van der Waals surface area contributed by atoms with Crippen LogP contribution in [-0.2, 0) is 0 Å². The fraction of sp³-hybridized carbons (Fsp3) is 0. The van der Waals surface area contributed by atoms with E-state index in [1.165, 1.54) is 12.4 Å². The fourth-order valence-corrected chi connectivity index (χ4v) is 2.35. The number of benzene rings is 2.